The third-order valence-electron chi connectivity index (χ3n) is 4.76. The summed E-state index contributed by atoms with van der Waals surface area (Å²) in [5.74, 6) is 1.27. The van der Waals surface area contributed by atoms with Crippen LogP contribution in [0.2, 0.25) is 0 Å². The van der Waals surface area contributed by atoms with E-state index in [1.165, 1.54) is 0 Å². The lowest BCUT2D eigenvalue weighted by atomic mass is 10.1. The molecule has 0 unspecified atom stereocenters. The standard InChI is InChI=1S/C22H23NO4/c1-15-8-9-19(21(11-15)27-14-18-6-4-10-25-18)23-22(24)17-12-16-5-2-3-7-20(16)26-13-17/h2-3,5,7-9,11-12,18H,4,6,10,13-14H2,1H3,(H,23,24)/t18-/m1/s1. The molecule has 5 nitrogen and oxygen atoms in total. The van der Waals surface area contributed by atoms with E-state index in [0.717, 1.165) is 36.3 Å². The molecule has 5 heteroatoms. The van der Waals surface area contributed by atoms with Crippen LogP contribution in [0.4, 0.5) is 5.69 Å². The molecule has 2 aliphatic heterocycles. The molecular weight excluding hydrogens is 342 g/mol. The number of ether oxygens (including phenoxy) is 3. The van der Waals surface area contributed by atoms with Crippen LogP contribution in [0.25, 0.3) is 6.08 Å². The number of anilines is 1. The second-order valence-corrected chi connectivity index (χ2v) is 6.90. The molecule has 1 atom stereocenters. The fourth-order valence-corrected chi connectivity index (χ4v) is 3.26. The molecule has 140 valence electrons. The fraction of sp³-hybridized carbons (Fsp3) is 0.318. The first-order chi connectivity index (χ1) is 13.2. The van der Waals surface area contributed by atoms with Crippen molar-refractivity contribution >= 4 is 17.7 Å². The number of para-hydroxylation sites is 1. The summed E-state index contributed by atoms with van der Waals surface area (Å²) in [6, 6.07) is 13.4. The summed E-state index contributed by atoms with van der Waals surface area (Å²) in [7, 11) is 0. The van der Waals surface area contributed by atoms with Gasteiger partial charge in [0.15, 0.2) is 0 Å². The van der Waals surface area contributed by atoms with Gasteiger partial charge in [-0.3, -0.25) is 4.79 Å². The third-order valence-corrected chi connectivity index (χ3v) is 4.76. The molecule has 0 radical (unpaired) electrons. The minimum atomic E-state index is -0.185. The van der Waals surface area contributed by atoms with Crippen molar-refractivity contribution in [2.75, 3.05) is 25.1 Å². The highest BCUT2D eigenvalue weighted by Crippen LogP contribution is 2.29. The summed E-state index contributed by atoms with van der Waals surface area (Å²) in [5, 5.41) is 2.96. The molecule has 0 bridgehead atoms. The van der Waals surface area contributed by atoms with Gasteiger partial charge in [0, 0.05) is 12.2 Å². The highest BCUT2D eigenvalue weighted by Gasteiger charge is 2.20. The Bertz CT molecular complexity index is 868. The van der Waals surface area contributed by atoms with E-state index in [1.807, 2.05) is 55.5 Å². The van der Waals surface area contributed by atoms with Crippen molar-refractivity contribution in [1.29, 1.82) is 0 Å². The Morgan fingerprint density at radius 1 is 1.26 bits per heavy atom. The first kappa shape index (κ1) is 17.6. The number of aryl methyl sites for hydroxylation is 1. The number of hydrogen-bond acceptors (Lipinski definition) is 4. The van der Waals surface area contributed by atoms with Gasteiger partial charge < -0.3 is 19.5 Å². The lowest BCUT2D eigenvalue weighted by molar-refractivity contribution is -0.113. The SMILES string of the molecule is Cc1ccc(NC(=O)C2=Cc3ccccc3OC2)c(OC[C@H]2CCCO2)c1. The van der Waals surface area contributed by atoms with E-state index in [1.54, 1.807) is 0 Å². The van der Waals surface area contributed by atoms with Gasteiger partial charge >= 0.3 is 0 Å². The number of fused-ring (bicyclic) bond motifs is 1. The largest absolute Gasteiger partial charge is 0.489 e. The van der Waals surface area contributed by atoms with Gasteiger partial charge in [-0.1, -0.05) is 24.3 Å². The summed E-state index contributed by atoms with van der Waals surface area (Å²) in [6.45, 7) is 3.53. The number of nitrogens with one attached hydrogen (secondary N) is 1. The highest BCUT2D eigenvalue weighted by atomic mass is 16.5. The molecule has 2 aromatic carbocycles. The topological polar surface area (TPSA) is 56.8 Å². The predicted molar refractivity (Wildman–Crippen MR) is 104 cm³/mol. The van der Waals surface area contributed by atoms with Gasteiger partial charge in [0.05, 0.1) is 17.4 Å². The van der Waals surface area contributed by atoms with Crippen LogP contribution in [0.1, 0.15) is 24.0 Å². The van der Waals surface area contributed by atoms with Gasteiger partial charge in [0.2, 0.25) is 0 Å². The number of hydrogen-bond donors (Lipinski definition) is 1. The molecule has 1 saturated heterocycles. The Labute approximate surface area is 158 Å². The van der Waals surface area contributed by atoms with E-state index in [4.69, 9.17) is 14.2 Å². The van der Waals surface area contributed by atoms with Gasteiger partial charge in [-0.25, -0.2) is 0 Å². The zero-order valence-electron chi connectivity index (χ0n) is 15.4. The smallest absolute Gasteiger partial charge is 0.255 e. The molecule has 1 fully saturated rings. The Kier molecular flexibility index (Phi) is 5.12. The fourth-order valence-electron chi connectivity index (χ4n) is 3.26. The van der Waals surface area contributed by atoms with Crippen LogP contribution < -0.4 is 14.8 Å². The van der Waals surface area contributed by atoms with Gasteiger partial charge in [-0.15, -0.1) is 0 Å². The van der Waals surface area contributed by atoms with E-state index in [-0.39, 0.29) is 18.6 Å². The monoisotopic (exact) mass is 365 g/mol. The van der Waals surface area contributed by atoms with Gasteiger partial charge in [-0.05, 0) is 49.6 Å². The molecule has 2 heterocycles. The molecular formula is C22H23NO4. The van der Waals surface area contributed by atoms with Gasteiger partial charge in [-0.2, -0.15) is 0 Å². The van der Waals surface area contributed by atoms with Crippen LogP contribution in [0.5, 0.6) is 11.5 Å². The minimum Gasteiger partial charge on any atom is -0.489 e. The molecule has 4 rings (SSSR count). The average Bonchev–Trinajstić information content (AvgIpc) is 3.21. The van der Waals surface area contributed by atoms with Crippen LogP contribution in [-0.2, 0) is 9.53 Å². The number of carbonyl (C=O) groups excluding carboxylic acids is 1. The predicted octanol–water partition coefficient (Wildman–Crippen LogP) is 3.97. The second-order valence-electron chi connectivity index (χ2n) is 6.90. The van der Waals surface area contributed by atoms with Crippen LogP contribution in [-0.4, -0.2) is 31.8 Å². The zero-order valence-corrected chi connectivity index (χ0v) is 15.4. The lowest BCUT2D eigenvalue weighted by Gasteiger charge is -2.19. The Hall–Kier alpha value is -2.79. The summed E-state index contributed by atoms with van der Waals surface area (Å²) < 4.78 is 17.3. The molecule has 1 N–H and O–H groups in total. The number of amides is 1. The Balaban J connectivity index is 1.48. The van der Waals surface area contributed by atoms with Gasteiger partial charge in [0.1, 0.15) is 24.7 Å². The summed E-state index contributed by atoms with van der Waals surface area (Å²) in [6.07, 6.45) is 4.08. The molecule has 1 amide bonds. The number of carbonyl (C=O) groups is 1. The van der Waals surface area contributed by atoms with E-state index in [0.29, 0.717) is 23.6 Å². The van der Waals surface area contributed by atoms with Crippen LogP contribution in [0, 0.1) is 6.92 Å². The van der Waals surface area contributed by atoms with Crippen molar-refractivity contribution in [2.24, 2.45) is 0 Å². The zero-order chi connectivity index (χ0) is 18.6. The van der Waals surface area contributed by atoms with Crippen LogP contribution in [0.15, 0.2) is 48.0 Å². The van der Waals surface area contributed by atoms with Crippen molar-refractivity contribution in [3.8, 4) is 11.5 Å². The van der Waals surface area contributed by atoms with Crippen molar-refractivity contribution in [3.63, 3.8) is 0 Å². The first-order valence-electron chi connectivity index (χ1n) is 9.28. The number of rotatable bonds is 5. The first-order valence-corrected chi connectivity index (χ1v) is 9.28. The van der Waals surface area contributed by atoms with E-state index in [2.05, 4.69) is 5.32 Å². The lowest BCUT2D eigenvalue weighted by Crippen LogP contribution is -2.22. The quantitative estimate of drug-likeness (QED) is 0.871. The van der Waals surface area contributed by atoms with E-state index < -0.39 is 0 Å². The molecule has 0 aliphatic carbocycles. The Morgan fingerprint density at radius 3 is 3.00 bits per heavy atom. The molecule has 0 spiro atoms. The molecule has 0 saturated carbocycles. The van der Waals surface area contributed by atoms with Crippen LogP contribution in [0.3, 0.4) is 0 Å². The van der Waals surface area contributed by atoms with Crippen molar-refractivity contribution in [3.05, 3.63) is 59.2 Å². The summed E-state index contributed by atoms with van der Waals surface area (Å²) in [5.41, 5.74) is 3.22. The number of benzene rings is 2. The summed E-state index contributed by atoms with van der Waals surface area (Å²) >= 11 is 0. The van der Waals surface area contributed by atoms with E-state index >= 15 is 0 Å². The van der Waals surface area contributed by atoms with Crippen molar-refractivity contribution < 1.29 is 19.0 Å². The normalized spacial score (nSPS) is 18.3. The summed E-state index contributed by atoms with van der Waals surface area (Å²) in [4.78, 5) is 12.7. The second kappa shape index (κ2) is 7.84. The minimum absolute atomic E-state index is 0.125. The maximum absolute atomic E-state index is 12.7. The molecule has 0 aromatic heterocycles. The average molecular weight is 365 g/mol. The van der Waals surface area contributed by atoms with Crippen molar-refractivity contribution in [1.82, 2.24) is 0 Å². The maximum atomic E-state index is 12.7. The third kappa shape index (κ3) is 4.14. The highest BCUT2D eigenvalue weighted by molar-refractivity contribution is 6.08. The van der Waals surface area contributed by atoms with E-state index in [9.17, 15) is 4.79 Å². The van der Waals surface area contributed by atoms with Gasteiger partial charge in [0.25, 0.3) is 5.91 Å². The maximum Gasteiger partial charge on any atom is 0.255 e. The Morgan fingerprint density at radius 2 is 2.15 bits per heavy atom. The van der Waals surface area contributed by atoms with Crippen molar-refractivity contribution in [2.45, 2.75) is 25.9 Å². The molecule has 2 aromatic rings. The molecule has 27 heavy (non-hydrogen) atoms. The molecule has 2 aliphatic rings. The van der Waals surface area contributed by atoms with Crippen LogP contribution >= 0.6 is 0 Å².